The molecule has 8 nitrogen and oxygen atoms in total. The van der Waals surface area contributed by atoms with Crippen LogP contribution in [0.4, 0.5) is 0 Å². The van der Waals surface area contributed by atoms with E-state index < -0.39 is 21.6 Å². The molecule has 1 aromatic carbocycles. The fourth-order valence-corrected chi connectivity index (χ4v) is 3.50. The molecule has 0 atom stereocenters. The number of hydrogen-bond acceptors (Lipinski definition) is 5. The van der Waals surface area contributed by atoms with E-state index in [1.54, 1.807) is 0 Å². The van der Waals surface area contributed by atoms with Crippen molar-refractivity contribution in [2.24, 2.45) is 0 Å². The van der Waals surface area contributed by atoms with E-state index >= 15 is 0 Å². The van der Waals surface area contributed by atoms with Crippen molar-refractivity contribution < 1.29 is 28.2 Å². The van der Waals surface area contributed by atoms with E-state index in [0.29, 0.717) is 5.56 Å². The van der Waals surface area contributed by atoms with E-state index in [1.807, 2.05) is 0 Å². The molecule has 1 fully saturated rings. The van der Waals surface area contributed by atoms with Gasteiger partial charge in [-0.15, -0.1) is 6.58 Å². The van der Waals surface area contributed by atoms with E-state index in [4.69, 9.17) is 5.11 Å². The smallest absolute Gasteiger partial charge is 0.335 e. The highest BCUT2D eigenvalue weighted by Gasteiger charge is 2.40. The maximum Gasteiger partial charge on any atom is 0.335 e. The lowest BCUT2D eigenvalue weighted by molar-refractivity contribution is -0.162. The summed E-state index contributed by atoms with van der Waals surface area (Å²) in [7, 11) is -3.66. The Balaban J connectivity index is 2.07. The number of piperidine rings is 1. The number of aliphatic hydroxyl groups is 1. The van der Waals surface area contributed by atoms with Gasteiger partial charge in [0.05, 0.1) is 4.90 Å². The van der Waals surface area contributed by atoms with Crippen LogP contribution in [0.3, 0.4) is 0 Å². The van der Waals surface area contributed by atoms with Gasteiger partial charge in [-0.3, -0.25) is 4.79 Å². The summed E-state index contributed by atoms with van der Waals surface area (Å²) in [5.41, 5.74) is -1.51. The molecule has 3 N–H and O–H groups in total. The molecule has 0 bridgehead atoms. The number of carbonyl (C=O) groups is 2. The summed E-state index contributed by atoms with van der Waals surface area (Å²) in [4.78, 5) is 24.9. The van der Waals surface area contributed by atoms with Gasteiger partial charge in [0.2, 0.25) is 10.0 Å². The second-order valence-corrected chi connectivity index (χ2v) is 7.56. The van der Waals surface area contributed by atoms with Crippen LogP contribution in [-0.4, -0.2) is 60.6 Å². The fourth-order valence-electron chi connectivity index (χ4n) is 2.50. The maximum absolute atomic E-state index is 12.4. The zero-order valence-electron chi connectivity index (χ0n) is 13.5. The highest BCUT2D eigenvalue weighted by molar-refractivity contribution is 7.89. The van der Waals surface area contributed by atoms with Gasteiger partial charge >= 0.3 is 5.97 Å². The van der Waals surface area contributed by atoms with Crippen molar-refractivity contribution in [3.05, 3.63) is 42.5 Å². The van der Waals surface area contributed by atoms with Crippen molar-refractivity contribution in [1.82, 2.24) is 9.62 Å². The Labute approximate surface area is 145 Å². The van der Waals surface area contributed by atoms with Crippen LogP contribution in [0.15, 0.2) is 41.8 Å². The summed E-state index contributed by atoms with van der Waals surface area (Å²) in [6.45, 7) is 3.76. The Hall–Kier alpha value is -2.23. The van der Waals surface area contributed by atoms with Gasteiger partial charge in [-0.05, 0) is 24.3 Å². The Kier molecular flexibility index (Phi) is 5.61. The topological polar surface area (TPSA) is 124 Å². The Morgan fingerprint density at radius 2 is 1.80 bits per heavy atom. The molecule has 1 heterocycles. The number of nitrogens with zero attached hydrogens (tertiary/aromatic N) is 1. The number of rotatable bonds is 6. The standard InChI is InChI=1S/C16H20N2O6S/c1-2-9-17-25(23,24)13-5-3-12(4-6-13)14(19)18-10-7-16(22,8-11-18)15(20)21/h2-6,17,22H,1,7-11H2,(H,20,21). The number of nitrogens with one attached hydrogen (secondary N) is 1. The van der Waals surface area contributed by atoms with Crippen LogP contribution >= 0.6 is 0 Å². The molecule has 0 aromatic heterocycles. The predicted molar refractivity (Wildman–Crippen MR) is 89.6 cm³/mol. The first-order valence-corrected chi connectivity index (χ1v) is 9.13. The van der Waals surface area contributed by atoms with Crippen LogP contribution in [0.5, 0.6) is 0 Å². The Bertz CT molecular complexity index is 764. The van der Waals surface area contributed by atoms with E-state index in [1.165, 1.54) is 35.2 Å². The molecule has 2 rings (SSSR count). The zero-order chi connectivity index (χ0) is 18.7. The normalized spacial score (nSPS) is 17.1. The minimum Gasteiger partial charge on any atom is -0.479 e. The lowest BCUT2D eigenvalue weighted by Gasteiger charge is -2.35. The summed E-state index contributed by atoms with van der Waals surface area (Å²) < 4.78 is 26.3. The fraction of sp³-hybridized carbons (Fsp3) is 0.375. The highest BCUT2D eigenvalue weighted by Crippen LogP contribution is 2.24. The largest absolute Gasteiger partial charge is 0.479 e. The molecule has 0 aliphatic carbocycles. The monoisotopic (exact) mass is 368 g/mol. The second-order valence-electron chi connectivity index (χ2n) is 5.79. The highest BCUT2D eigenvalue weighted by atomic mass is 32.2. The number of amides is 1. The third-order valence-corrected chi connectivity index (χ3v) is 5.54. The van der Waals surface area contributed by atoms with Gasteiger partial charge in [0.15, 0.2) is 5.60 Å². The first kappa shape index (κ1) is 19.1. The minimum absolute atomic E-state index is 0.0322. The molecule has 1 aliphatic heterocycles. The molecule has 1 aromatic rings. The number of carboxylic acid groups (broad SMARTS) is 1. The summed E-state index contributed by atoms with van der Waals surface area (Å²) in [6.07, 6.45) is 1.32. The number of aliphatic carboxylic acids is 1. The van der Waals surface area contributed by atoms with E-state index in [9.17, 15) is 23.1 Å². The van der Waals surface area contributed by atoms with Crippen molar-refractivity contribution in [3.8, 4) is 0 Å². The summed E-state index contributed by atoms with van der Waals surface area (Å²) in [5, 5.41) is 18.9. The average molecular weight is 368 g/mol. The lowest BCUT2D eigenvalue weighted by atomic mass is 9.91. The van der Waals surface area contributed by atoms with Gasteiger partial charge in [0.1, 0.15) is 0 Å². The summed E-state index contributed by atoms with van der Waals surface area (Å²) in [6, 6.07) is 5.47. The van der Waals surface area contributed by atoms with Crippen molar-refractivity contribution in [2.75, 3.05) is 19.6 Å². The van der Waals surface area contributed by atoms with Crippen LogP contribution in [0.1, 0.15) is 23.2 Å². The van der Waals surface area contributed by atoms with E-state index in [-0.39, 0.29) is 43.3 Å². The van der Waals surface area contributed by atoms with Gasteiger partial charge in [0.25, 0.3) is 5.91 Å². The van der Waals surface area contributed by atoms with Crippen LogP contribution in [0.2, 0.25) is 0 Å². The molecular formula is C16H20N2O6S. The molecular weight excluding hydrogens is 348 g/mol. The molecule has 1 aliphatic rings. The molecule has 0 saturated carbocycles. The first-order valence-electron chi connectivity index (χ1n) is 7.65. The number of benzene rings is 1. The molecule has 9 heteroatoms. The predicted octanol–water partition coefficient (Wildman–Crippen LogP) is 0.203. The number of likely N-dealkylation sites (tertiary alicyclic amines) is 1. The van der Waals surface area contributed by atoms with Crippen molar-refractivity contribution >= 4 is 21.9 Å². The molecule has 1 saturated heterocycles. The van der Waals surface area contributed by atoms with Crippen LogP contribution in [0, 0.1) is 0 Å². The van der Waals surface area contributed by atoms with Crippen LogP contribution in [-0.2, 0) is 14.8 Å². The zero-order valence-corrected chi connectivity index (χ0v) is 14.3. The third-order valence-electron chi connectivity index (χ3n) is 4.11. The molecule has 0 radical (unpaired) electrons. The summed E-state index contributed by atoms with van der Waals surface area (Å²) >= 11 is 0. The Morgan fingerprint density at radius 3 is 2.28 bits per heavy atom. The van der Waals surface area contributed by atoms with Gasteiger partial charge in [-0.25, -0.2) is 17.9 Å². The van der Waals surface area contributed by atoms with Crippen LogP contribution < -0.4 is 4.72 Å². The quantitative estimate of drug-likeness (QED) is 0.616. The van der Waals surface area contributed by atoms with Gasteiger partial charge < -0.3 is 15.1 Å². The third kappa shape index (κ3) is 4.25. The van der Waals surface area contributed by atoms with E-state index in [0.717, 1.165) is 0 Å². The average Bonchev–Trinajstić information content (AvgIpc) is 2.60. The van der Waals surface area contributed by atoms with Gasteiger partial charge in [-0.2, -0.15) is 0 Å². The molecule has 0 unspecified atom stereocenters. The SMILES string of the molecule is C=CCNS(=O)(=O)c1ccc(C(=O)N2CCC(O)(C(=O)O)CC2)cc1. The maximum atomic E-state index is 12.4. The summed E-state index contributed by atoms with van der Waals surface area (Å²) in [5.74, 6) is -1.63. The Morgan fingerprint density at radius 1 is 1.24 bits per heavy atom. The second kappa shape index (κ2) is 7.34. The van der Waals surface area contributed by atoms with Crippen molar-refractivity contribution in [1.29, 1.82) is 0 Å². The molecule has 0 spiro atoms. The molecule has 1 amide bonds. The van der Waals surface area contributed by atoms with Gasteiger partial charge in [0, 0.05) is 38.0 Å². The number of carbonyl (C=O) groups excluding carboxylic acids is 1. The van der Waals surface area contributed by atoms with Gasteiger partial charge in [-0.1, -0.05) is 6.08 Å². The molecule has 136 valence electrons. The van der Waals surface area contributed by atoms with Crippen molar-refractivity contribution in [3.63, 3.8) is 0 Å². The lowest BCUT2D eigenvalue weighted by Crippen LogP contribution is -2.50. The minimum atomic E-state index is -3.66. The number of sulfonamides is 1. The van der Waals surface area contributed by atoms with Crippen molar-refractivity contribution in [2.45, 2.75) is 23.3 Å². The first-order chi connectivity index (χ1) is 11.7. The van der Waals surface area contributed by atoms with Crippen LogP contribution in [0.25, 0.3) is 0 Å². The van der Waals surface area contributed by atoms with E-state index in [2.05, 4.69) is 11.3 Å². The number of carboxylic acids is 1. The number of hydrogen-bond donors (Lipinski definition) is 3. The molecule has 25 heavy (non-hydrogen) atoms.